The highest BCUT2D eigenvalue weighted by Gasteiger charge is 2.98. The van der Waals surface area contributed by atoms with Gasteiger partial charge in [0.05, 0.1) is 0 Å². The number of hydrogen-bond acceptors (Lipinski definition) is 2. The largest absolute Gasteiger partial charge is 0.474 e. The Balaban J connectivity index is 1.50. The van der Waals surface area contributed by atoms with Crippen LogP contribution in [-0.4, -0.2) is 10.6 Å². The third-order valence-electron chi connectivity index (χ3n) is 15.5. The van der Waals surface area contributed by atoms with Gasteiger partial charge >= 0.3 is 10.6 Å². The molecule has 384 valence electrons. The van der Waals surface area contributed by atoms with Crippen LogP contribution in [0.2, 0.25) is 0 Å². The van der Waals surface area contributed by atoms with Gasteiger partial charge in [0, 0.05) is 0 Å². The zero-order chi connectivity index (χ0) is 54.1. The van der Waals surface area contributed by atoms with Crippen LogP contribution in [0.5, 0.6) is 0 Å². The molecule has 0 amide bonds. The molecule has 0 bridgehead atoms. The molecule has 0 fully saturated rings. The van der Waals surface area contributed by atoms with Crippen molar-refractivity contribution in [2.75, 3.05) is 0 Å². The van der Waals surface area contributed by atoms with E-state index in [2.05, 4.69) is 364 Å². The maximum atomic E-state index is 20.2. The van der Waals surface area contributed by atoms with Gasteiger partial charge in [-0.1, -0.05) is 218 Å². The summed E-state index contributed by atoms with van der Waals surface area (Å²) in [7, 11) is -14.9. The van der Waals surface area contributed by atoms with E-state index in [0.29, 0.717) is 0 Å². The summed E-state index contributed by atoms with van der Waals surface area (Å²) in [5.74, 6) is -0.262. The second kappa shape index (κ2) is 23.3. The monoisotopic (exact) mass is 1100 g/mol. The molecule has 0 spiro atoms. The standard InChI is InChI=1S/C74H60O2P4/c75-73(76-80(70-55-31-10-32-56-70,71-57-33-11-34-58-71)72-59-35-12-36-60-72)74(77(61-37-13-1-14-38-61,62-39-15-2-16-40-62)63-41-17-3-18-42-63,78(64-43-19-4-20-44-64,65-45-21-5-22-46-65)66-47-23-6-24-48-66)79(67-49-25-7-26-50-67,68-51-27-8-28-52-68)69-53-29-9-30-54-69/h1-60H/q+4. The Bertz CT molecular complexity index is 3200. The molecule has 0 unspecified atom stereocenters. The minimum atomic E-state index is -3.81. The van der Waals surface area contributed by atoms with Gasteiger partial charge in [0.25, 0.3) is 7.49 Å². The Morgan fingerprint density at radius 1 is 0.200 bits per heavy atom. The highest BCUT2D eigenvalue weighted by molar-refractivity contribution is 8.27. The third-order valence-corrected chi connectivity index (χ3v) is 37.5. The molecule has 6 heteroatoms. The van der Waals surface area contributed by atoms with Gasteiger partial charge in [-0.2, -0.15) is 0 Å². The van der Waals surface area contributed by atoms with E-state index in [9.17, 15) is 0 Å². The van der Waals surface area contributed by atoms with Crippen LogP contribution in [0.25, 0.3) is 0 Å². The fourth-order valence-corrected chi connectivity index (χ4v) is 40.3. The predicted octanol–water partition coefficient (Wildman–Crippen LogP) is 13.1. The molecule has 0 aromatic heterocycles. The molecule has 0 aliphatic rings. The molecule has 0 aliphatic carbocycles. The molecule has 12 aromatic rings. The topological polar surface area (TPSA) is 26.3 Å². The van der Waals surface area contributed by atoms with E-state index in [1.807, 2.05) is 0 Å². The zero-order valence-corrected chi connectivity index (χ0v) is 47.8. The Morgan fingerprint density at radius 2 is 0.325 bits per heavy atom. The van der Waals surface area contributed by atoms with Crippen molar-refractivity contribution in [3.8, 4) is 0 Å². The molecular formula is C74H60O2P4+4. The summed E-state index contributed by atoms with van der Waals surface area (Å²) in [5, 5.41) is 12.4. The van der Waals surface area contributed by atoms with Crippen molar-refractivity contribution in [2.24, 2.45) is 0 Å². The van der Waals surface area contributed by atoms with Crippen molar-refractivity contribution in [3.05, 3.63) is 364 Å². The quantitative estimate of drug-likeness (QED) is 0.0850. The summed E-state index contributed by atoms with van der Waals surface area (Å²) in [6, 6.07) is 132. The van der Waals surface area contributed by atoms with Crippen molar-refractivity contribution in [1.82, 2.24) is 0 Å². The van der Waals surface area contributed by atoms with Gasteiger partial charge < -0.3 is 0 Å². The fourth-order valence-electron chi connectivity index (χ4n) is 12.6. The van der Waals surface area contributed by atoms with Gasteiger partial charge in [0.15, 0.2) is 0 Å². The first kappa shape index (κ1) is 52.5. The minimum absolute atomic E-state index is 0.262. The maximum absolute atomic E-state index is 20.2. The second-order valence-corrected chi connectivity index (χ2v) is 34.4. The average molecular weight is 1110 g/mol. The smallest absolute Gasteiger partial charge is 0.284 e. The summed E-state index contributed by atoms with van der Waals surface area (Å²) in [6.45, 7) is 0. The van der Waals surface area contributed by atoms with E-state index in [0.717, 1.165) is 63.7 Å². The van der Waals surface area contributed by atoms with E-state index in [1.165, 1.54) is 0 Å². The molecule has 0 N–H and O–H groups in total. The number of carbonyl (C=O) groups excluding carboxylic acids is 1. The molecule has 12 rings (SSSR count). The Hall–Kier alpha value is -8.17. The first-order valence-electron chi connectivity index (χ1n) is 27.1. The fraction of sp³-hybridized carbons (Fsp3) is 0.0135. The third kappa shape index (κ3) is 8.45. The summed E-state index contributed by atoms with van der Waals surface area (Å²) in [4.78, 5) is 20.2. The molecule has 0 radical (unpaired) electrons. The molecule has 0 aliphatic heterocycles. The molecule has 0 saturated carbocycles. The lowest BCUT2D eigenvalue weighted by molar-refractivity contribution is -0.132. The van der Waals surface area contributed by atoms with Crippen molar-refractivity contribution >= 4 is 98.9 Å². The van der Waals surface area contributed by atoms with Crippen LogP contribution in [0.3, 0.4) is 0 Å². The highest BCUT2D eigenvalue weighted by atomic mass is 31.3. The van der Waals surface area contributed by atoms with Gasteiger partial charge in [-0.25, -0.2) is 4.79 Å². The number of rotatable bonds is 17. The Morgan fingerprint density at radius 3 is 0.463 bits per heavy atom. The van der Waals surface area contributed by atoms with Crippen molar-refractivity contribution in [2.45, 2.75) is 4.64 Å². The predicted molar refractivity (Wildman–Crippen MR) is 349 cm³/mol. The molecule has 0 saturated heterocycles. The van der Waals surface area contributed by atoms with Gasteiger partial charge in [-0.15, -0.1) is 0 Å². The zero-order valence-electron chi connectivity index (χ0n) is 44.2. The van der Waals surface area contributed by atoms with E-state index in [1.54, 1.807) is 0 Å². The second-order valence-electron chi connectivity index (χ2n) is 19.7. The van der Waals surface area contributed by atoms with Crippen molar-refractivity contribution in [1.29, 1.82) is 0 Å². The normalized spacial score (nSPS) is 12.1. The van der Waals surface area contributed by atoms with E-state index in [4.69, 9.17) is 4.52 Å². The first-order valence-corrected chi connectivity index (χ1v) is 34.2. The lowest BCUT2D eigenvalue weighted by atomic mass is 10.3. The molecule has 0 atom stereocenters. The number of benzene rings is 12. The summed E-state index contributed by atoms with van der Waals surface area (Å²) >= 11 is 0. The first-order chi connectivity index (χ1) is 39.6. The summed E-state index contributed by atoms with van der Waals surface area (Å²) in [6.07, 6.45) is 0. The summed E-state index contributed by atoms with van der Waals surface area (Å²) in [5.41, 5.74) is 0. The van der Waals surface area contributed by atoms with Crippen LogP contribution in [0, 0.1) is 0 Å². The van der Waals surface area contributed by atoms with Gasteiger partial charge in [-0.05, 0) is 146 Å². The van der Waals surface area contributed by atoms with Crippen LogP contribution in [0.4, 0.5) is 0 Å². The van der Waals surface area contributed by atoms with Crippen LogP contribution in [0.15, 0.2) is 364 Å². The van der Waals surface area contributed by atoms with Gasteiger partial charge in [0.2, 0.25) is 21.8 Å². The van der Waals surface area contributed by atoms with Gasteiger partial charge in [0.1, 0.15) is 63.7 Å². The van der Waals surface area contributed by atoms with Crippen LogP contribution >= 0.6 is 29.3 Å². The van der Waals surface area contributed by atoms with E-state index >= 15 is 4.79 Å². The minimum Gasteiger partial charge on any atom is -0.284 e. The maximum Gasteiger partial charge on any atom is 0.474 e. The molecule has 12 aromatic carbocycles. The highest BCUT2D eigenvalue weighted by Crippen LogP contribution is 2.97. The lowest BCUT2D eigenvalue weighted by Gasteiger charge is -2.51. The van der Waals surface area contributed by atoms with Crippen LogP contribution in [0.1, 0.15) is 0 Å². The SMILES string of the molecule is O=C(O[P+](c1ccccc1)(c1ccccc1)c1ccccc1)C([P+](c1ccccc1)(c1ccccc1)c1ccccc1)([P+](c1ccccc1)(c1ccccc1)c1ccccc1)[P+](c1ccccc1)(c1ccccc1)c1ccccc1. The van der Waals surface area contributed by atoms with Crippen LogP contribution in [-0.2, 0) is 9.32 Å². The molecular weight excluding hydrogens is 1040 g/mol. The van der Waals surface area contributed by atoms with E-state index in [-0.39, 0.29) is 5.97 Å². The van der Waals surface area contributed by atoms with Crippen molar-refractivity contribution in [3.63, 3.8) is 0 Å². The molecule has 80 heavy (non-hydrogen) atoms. The number of hydrogen-bond donors (Lipinski definition) is 0. The molecule has 2 nitrogen and oxygen atoms in total. The summed E-state index contributed by atoms with van der Waals surface area (Å²) < 4.78 is 7.16. The van der Waals surface area contributed by atoms with Crippen molar-refractivity contribution < 1.29 is 9.32 Å². The average Bonchev–Trinajstić information content (AvgIpc) is 3.41. The van der Waals surface area contributed by atoms with E-state index < -0.39 is 33.9 Å². The Kier molecular flexibility index (Phi) is 15.3. The van der Waals surface area contributed by atoms with Gasteiger partial charge in [-0.3, -0.25) is 4.52 Å². The lowest BCUT2D eigenvalue weighted by Crippen LogP contribution is -2.65. The number of carbonyl (C=O) groups is 1. The Labute approximate surface area is 473 Å². The molecule has 0 heterocycles. The van der Waals surface area contributed by atoms with Crippen LogP contribution < -0.4 is 63.7 Å².